The summed E-state index contributed by atoms with van der Waals surface area (Å²) in [6.07, 6.45) is 2.92. The van der Waals surface area contributed by atoms with Gasteiger partial charge in [-0.1, -0.05) is 18.2 Å². The highest BCUT2D eigenvalue weighted by Crippen LogP contribution is 2.31. The van der Waals surface area contributed by atoms with Crippen LogP contribution in [0, 0.1) is 5.82 Å². The number of amides is 1. The molecule has 1 aromatic heterocycles. The van der Waals surface area contributed by atoms with Crippen LogP contribution in [0.3, 0.4) is 0 Å². The molecule has 1 aliphatic rings. The number of para-hydroxylation sites is 1. The second-order valence-corrected chi connectivity index (χ2v) is 5.98. The number of hydrogen-bond donors (Lipinski definition) is 2. The zero-order chi connectivity index (χ0) is 16.7. The summed E-state index contributed by atoms with van der Waals surface area (Å²) < 4.78 is 13.5. The van der Waals surface area contributed by atoms with E-state index in [2.05, 4.69) is 10.3 Å². The van der Waals surface area contributed by atoms with Crippen LogP contribution < -0.4 is 10.7 Å². The number of rotatable bonds is 2. The molecule has 4 nitrogen and oxygen atoms in total. The molecule has 0 bridgehead atoms. The number of halogens is 1. The van der Waals surface area contributed by atoms with Crippen LogP contribution >= 0.6 is 0 Å². The average Bonchev–Trinajstić information content (AvgIpc) is 2.97. The third-order valence-electron chi connectivity index (χ3n) is 4.52. The van der Waals surface area contributed by atoms with E-state index in [0.29, 0.717) is 17.3 Å². The topological polar surface area (TPSA) is 62.0 Å². The Balaban J connectivity index is 1.66. The number of fused-ring (bicyclic) bond motifs is 2. The van der Waals surface area contributed by atoms with Crippen LogP contribution in [0.2, 0.25) is 0 Å². The first-order valence-corrected chi connectivity index (χ1v) is 7.83. The number of aromatic amines is 1. The number of nitrogens with one attached hydrogen (secondary N) is 2. The summed E-state index contributed by atoms with van der Waals surface area (Å²) in [5.41, 5.74) is 2.28. The number of H-pyrrole nitrogens is 1. The Bertz CT molecular complexity index is 1010. The van der Waals surface area contributed by atoms with Crippen molar-refractivity contribution in [1.29, 1.82) is 0 Å². The van der Waals surface area contributed by atoms with Gasteiger partial charge in [-0.3, -0.25) is 9.59 Å². The van der Waals surface area contributed by atoms with E-state index in [9.17, 15) is 14.0 Å². The standard InChI is InChI=1S/C19H15FN2O2/c20-12-7-5-11-6-8-17(14(11)9-12)22-19(24)15-10-21-16-4-2-1-3-13(16)18(15)23/h1-5,7,9-10,17H,6,8H2,(H,21,23)(H,22,24). The van der Waals surface area contributed by atoms with Crippen molar-refractivity contribution in [3.8, 4) is 0 Å². The molecule has 2 aromatic carbocycles. The predicted molar refractivity (Wildman–Crippen MR) is 89.5 cm³/mol. The molecular formula is C19H15FN2O2. The van der Waals surface area contributed by atoms with Crippen molar-refractivity contribution >= 4 is 16.8 Å². The fraction of sp³-hybridized carbons (Fsp3) is 0.158. The van der Waals surface area contributed by atoms with Crippen molar-refractivity contribution in [2.24, 2.45) is 0 Å². The molecule has 0 spiro atoms. The first-order valence-electron chi connectivity index (χ1n) is 7.83. The second kappa shape index (κ2) is 5.60. The average molecular weight is 322 g/mol. The molecule has 3 aromatic rings. The van der Waals surface area contributed by atoms with Crippen LogP contribution in [-0.4, -0.2) is 10.9 Å². The van der Waals surface area contributed by atoms with Crippen LogP contribution in [0.4, 0.5) is 4.39 Å². The Hall–Kier alpha value is -2.95. The monoisotopic (exact) mass is 322 g/mol. The molecule has 1 atom stereocenters. The number of pyridine rings is 1. The van der Waals surface area contributed by atoms with Gasteiger partial charge in [-0.2, -0.15) is 0 Å². The van der Waals surface area contributed by atoms with Gasteiger partial charge in [0.05, 0.1) is 6.04 Å². The Kier molecular flexibility index (Phi) is 3.41. The van der Waals surface area contributed by atoms with Crippen molar-refractivity contribution < 1.29 is 9.18 Å². The van der Waals surface area contributed by atoms with Crippen molar-refractivity contribution in [2.75, 3.05) is 0 Å². The lowest BCUT2D eigenvalue weighted by molar-refractivity contribution is 0.0935. The summed E-state index contributed by atoms with van der Waals surface area (Å²) in [5, 5.41) is 3.33. The lowest BCUT2D eigenvalue weighted by Crippen LogP contribution is -2.31. The molecule has 0 fully saturated rings. The molecule has 1 unspecified atom stereocenters. The minimum Gasteiger partial charge on any atom is -0.360 e. The van der Waals surface area contributed by atoms with Gasteiger partial charge in [0.15, 0.2) is 0 Å². The largest absolute Gasteiger partial charge is 0.360 e. The molecule has 0 radical (unpaired) electrons. The first kappa shape index (κ1) is 14.6. The number of benzene rings is 2. The van der Waals surface area contributed by atoms with E-state index in [1.165, 1.54) is 18.3 Å². The van der Waals surface area contributed by atoms with Crippen LogP contribution in [0.1, 0.15) is 33.9 Å². The Morgan fingerprint density at radius 3 is 2.92 bits per heavy atom. The fourth-order valence-corrected chi connectivity index (χ4v) is 3.30. The highest BCUT2D eigenvalue weighted by molar-refractivity contribution is 5.97. The van der Waals surface area contributed by atoms with Crippen molar-refractivity contribution in [1.82, 2.24) is 10.3 Å². The summed E-state index contributed by atoms with van der Waals surface area (Å²) in [6.45, 7) is 0. The summed E-state index contributed by atoms with van der Waals surface area (Å²) in [7, 11) is 0. The van der Waals surface area contributed by atoms with Gasteiger partial charge in [0.2, 0.25) is 5.43 Å². The van der Waals surface area contributed by atoms with E-state index in [0.717, 1.165) is 17.5 Å². The summed E-state index contributed by atoms with van der Waals surface area (Å²) >= 11 is 0. The number of carbonyl (C=O) groups excluding carboxylic acids is 1. The van der Waals surface area contributed by atoms with E-state index in [-0.39, 0.29) is 22.9 Å². The normalized spacial score (nSPS) is 16.1. The van der Waals surface area contributed by atoms with Crippen LogP contribution in [0.5, 0.6) is 0 Å². The van der Waals surface area contributed by atoms with E-state index in [4.69, 9.17) is 0 Å². The molecule has 120 valence electrons. The zero-order valence-corrected chi connectivity index (χ0v) is 12.8. The van der Waals surface area contributed by atoms with Crippen molar-refractivity contribution in [3.63, 3.8) is 0 Å². The lowest BCUT2D eigenvalue weighted by Gasteiger charge is -2.14. The SMILES string of the molecule is O=C(NC1CCc2ccc(F)cc21)c1c[nH]c2ccccc2c1=O. The van der Waals surface area contributed by atoms with Crippen LogP contribution in [-0.2, 0) is 6.42 Å². The third kappa shape index (κ3) is 2.38. The highest BCUT2D eigenvalue weighted by atomic mass is 19.1. The Morgan fingerprint density at radius 1 is 1.21 bits per heavy atom. The molecule has 24 heavy (non-hydrogen) atoms. The lowest BCUT2D eigenvalue weighted by atomic mass is 10.1. The smallest absolute Gasteiger partial charge is 0.257 e. The molecule has 0 aliphatic heterocycles. The maximum absolute atomic E-state index is 13.5. The minimum absolute atomic E-state index is 0.0681. The third-order valence-corrected chi connectivity index (χ3v) is 4.52. The maximum Gasteiger partial charge on any atom is 0.257 e. The number of hydrogen-bond acceptors (Lipinski definition) is 2. The van der Waals surface area contributed by atoms with Crippen molar-refractivity contribution in [3.05, 3.63) is 81.4 Å². The van der Waals surface area contributed by atoms with E-state index in [1.54, 1.807) is 24.3 Å². The number of carbonyl (C=O) groups is 1. The van der Waals surface area contributed by atoms with Gasteiger partial charge in [0.25, 0.3) is 5.91 Å². The molecular weight excluding hydrogens is 307 g/mol. The number of aryl methyl sites for hydroxylation is 1. The maximum atomic E-state index is 13.5. The summed E-state index contributed by atoms with van der Waals surface area (Å²) in [6, 6.07) is 11.4. The fourth-order valence-electron chi connectivity index (χ4n) is 3.30. The number of aromatic nitrogens is 1. The molecule has 5 heteroatoms. The molecule has 2 N–H and O–H groups in total. The zero-order valence-electron chi connectivity index (χ0n) is 12.8. The summed E-state index contributed by atoms with van der Waals surface area (Å²) in [4.78, 5) is 28.0. The predicted octanol–water partition coefficient (Wildman–Crippen LogP) is 3.08. The van der Waals surface area contributed by atoms with Gasteiger partial charge < -0.3 is 10.3 Å². The molecule has 1 aliphatic carbocycles. The van der Waals surface area contributed by atoms with Gasteiger partial charge in [-0.15, -0.1) is 0 Å². The highest BCUT2D eigenvalue weighted by Gasteiger charge is 2.25. The van der Waals surface area contributed by atoms with E-state index >= 15 is 0 Å². The molecule has 0 saturated heterocycles. The Labute approximate surface area is 137 Å². The van der Waals surface area contributed by atoms with Crippen LogP contribution in [0.15, 0.2) is 53.5 Å². The molecule has 4 rings (SSSR count). The quantitative estimate of drug-likeness (QED) is 0.761. The molecule has 1 amide bonds. The van der Waals surface area contributed by atoms with Crippen molar-refractivity contribution in [2.45, 2.75) is 18.9 Å². The van der Waals surface area contributed by atoms with Gasteiger partial charge in [-0.25, -0.2) is 4.39 Å². The molecule has 0 saturated carbocycles. The van der Waals surface area contributed by atoms with Crippen LogP contribution in [0.25, 0.3) is 10.9 Å². The summed E-state index contributed by atoms with van der Waals surface area (Å²) in [5.74, 6) is -0.762. The minimum atomic E-state index is -0.441. The first-order chi connectivity index (χ1) is 11.6. The van der Waals surface area contributed by atoms with Gasteiger partial charge >= 0.3 is 0 Å². The Morgan fingerprint density at radius 2 is 2.04 bits per heavy atom. The molecule has 1 heterocycles. The van der Waals surface area contributed by atoms with Gasteiger partial charge in [0, 0.05) is 17.1 Å². The van der Waals surface area contributed by atoms with Gasteiger partial charge in [-0.05, 0) is 48.2 Å². The second-order valence-electron chi connectivity index (χ2n) is 5.98. The van der Waals surface area contributed by atoms with E-state index in [1.807, 2.05) is 6.07 Å². The van der Waals surface area contributed by atoms with E-state index < -0.39 is 5.91 Å². The van der Waals surface area contributed by atoms with Gasteiger partial charge in [0.1, 0.15) is 11.4 Å².